The van der Waals surface area contributed by atoms with Gasteiger partial charge in [-0.25, -0.2) is 0 Å². The summed E-state index contributed by atoms with van der Waals surface area (Å²) in [6.45, 7) is 0.215. The molecular weight excluding hydrogens is 264 g/mol. The molecule has 1 aromatic carbocycles. The molecule has 2 aromatic rings. The molecule has 0 aliphatic rings. The van der Waals surface area contributed by atoms with Crippen LogP contribution in [0.2, 0.25) is 0 Å². The van der Waals surface area contributed by atoms with E-state index in [2.05, 4.69) is 10.7 Å². The Morgan fingerprint density at radius 1 is 1.40 bits per heavy atom. The van der Waals surface area contributed by atoms with Crippen LogP contribution in [0.1, 0.15) is 15.9 Å². The third-order valence-electron chi connectivity index (χ3n) is 2.65. The fourth-order valence-electron chi connectivity index (χ4n) is 1.71. The summed E-state index contributed by atoms with van der Waals surface area (Å²) in [6, 6.07) is 5.98. The number of rotatable bonds is 5. The second-order valence-electron chi connectivity index (χ2n) is 3.92. The van der Waals surface area contributed by atoms with Crippen molar-refractivity contribution in [1.29, 1.82) is 0 Å². The Bertz CT molecular complexity index is 624. The van der Waals surface area contributed by atoms with Gasteiger partial charge in [0, 0.05) is 12.1 Å². The van der Waals surface area contributed by atoms with Gasteiger partial charge in [-0.15, -0.1) is 0 Å². The van der Waals surface area contributed by atoms with E-state index in [9.17, 15) is 14.9 Å². The van der Waals surface area contributed by atoms with E-state index >= 15 is 0 Å². The Balaban J connectivity index is 2.23. The van der Waals surface area contributed by atoms with Gasteiger partial charge in [0.25, 0.3) is 5.91 Å². The molecule has 0 saturated heterocycles. The first-order valence-electron chi connectivity index (χ1n) is 5.66. The molecule has 1 amide bonds. The molecular formula is C12H12N4O4. The Labute approximate surface area is 113 Å². The summed E-state index contributed by atoms with van der Waals surface area (Å²) in [7, 11) is 0. The summed E-state index contributed by atoms with van der Waals surface area (Å²) in [5.41, 5.74) is 2.62. The monoisotopic (exact) mass is 276 g/mol. The lowest BCUT2D eigenvalue weighted by atomic mass is 10.1. The van der Waals surface area contributed by atoms with Crippen molar-refractivity contribution in [2.45, 2.75) is 6.54 Å². The molecule has 0 saturated carbocycles. The highest BCUT2D eigenvalue weighted by molar-refractivity contribution is 6.00. The lowest BCUT2D eigenvalue weighted by molar-refractivity contribution is -0.384. The standard InChI is InChI=1S/C12H12N4O4/c13-15-10-3-1-2-9(11(10)16(18)19)12(17)14-6-8-4-5-20-7-8/h1-5,7,15H,6,13H2,(H,14,17). The topological polar surface area (TPSA) is 123 Å². The van der Waals surface area contributed by atoms with Crippen LogP contribution in [0.25, 0.3) is 0 Å². The minimum atomic E-state index is -0.651. The molecule has 0 spiro atoms. The van der Waals surface area contributed by atoms with Crippen LogP contribution in [0.4, 0.5) is 11.4 Å². The zero-order valence-corrected chi connectivity index (χ0v) is 10.3. The van der Waals surface area contributed by atoms with Crippen LogP contribution in [-0.2, 0) is 6.54 Å². The minimum absolute atomic E-state index is 0.0612. The summed E-state index contributed by atoms with van der Waals surface area (Å²) in [6.07, 6.45) is 2.95. The number of anilines is 1. The van der Waals surface area contributed by atoms with Crippen molar-refractivity contribution in [3.63, 3.8) is 0 Å². The van der Waals surface area contributed by atoms with Crippen molar-refractivity contribution in [2.75, 3.05) is 5.43 Å². The molecule has 20 heavy (non-hydrogen) atoms. The molecule has 1 heterocycles. The minimum Gasteiger partial charge on any atom is -0.472 e. The van der Waals surface area contributed by atoms with E-state index in [4.69, 9.17) is 10.3 Å². The van der Waals surface area contributed by atoms with E-state index in [1.807, 2.05) is 0 Å². The van der Waals surface area contributed by atoms with E-state index in [0.29, 0.717) is 0 Å². The molecule has 0 aliphatic carbocycles. The van der Waals surface area contributed by atoms with Gasteiger partial charge in [-0.3, -0.25) is 20.8 Å². The number of hydrogen-bond acceptors (Lipinski definition) is 6. The van der Waals surface area contributed by atoms with Crippen molar-refractivity contribution in [3.05, 3.63) is 58.0 Å². The maximum Gasteiger partial charge on any atom is 0.306 e. The van der Waals surface area contributed by atoms with Gasteiger partial charge in [0.15, 0.2) is 0 Å². The summed E-state index contributed by atoms with van der Waals surface area (Å²) < 4.78 is 4.86. The van der Waals surface area contributed by atoms with E-state index in [-0.39, 0.29) is 23.5 Å². The number of amides is 1. The van der Waals surface area contributed by atoms with Gasteiger partial charge in [0.1, 0.15) is 11.3 Å². The summed E-state index contributed by atoms with van der Waals surface area (Å²) in [4.78, 5) is 22.4. The number of nitrogens with zero attached hydrogens (tertiary/aromatic N) is 1. The average Bonchev–Trinajstić information content (AvgIpc) is 2.96. The number of hydrogen-bond donors (Lipinski definition) is 3. The first-order chi connectivity index (χ1) is 9.63. The van der Waals surface area contributed by atoms with Crippen LogP contribution in [0.15, 0.2) is 41.2 Å². The molecule has 8 nitrogen and oxygen atoms in total. The molecule has 0 radical (unpaired) electrons. The highest BCUT2D eigenvalue weighted by Gasteiger charge is 2.23. The first-order valence-corrected chi connectivity index (χ1v) is 5.66. The quantitative estimate of drug-likeness (QED) is 0.431. The van der Waals surface area contributed by atoms with Gasteiger partial charge in [-0.2, -0.15) is 0 Å². The number of nitrogens with two attached hydrogens (primary N) is 1. The predicted molar refractivity (Wildman–Crippen MR) is 70.8 cm³/mol. The van der Waals surface area contributed by atoms with E-state index in [1.54, 1.807) is 6.07 Å². The van der Waals surface area contributed by atoms with Crippen molar-refractivity contribution in [1.82, 2.24) is 5.32 Å². The van der Waals surface area contributed by atoms with Gasteiger partial charge in [0.05, 0.1) is 17.4 Å². The number of furan rings is 1. The number of benzene rings is 1. The number of nitrogen functional groups attached to an aromatic ring is 1. The van der Waals surface area contributed by atoms with Gasteiger partial charge in [0.2, 0.25) is 0 Å². The Kier molecular flexibility index (Phi) is 3.96. The number of carbonyl (C=O) groups excluding carboxylic acids is 1. The zero-order chi connectivity index (χ0) is 14.5. The maximum atomic E-state index is 12.0. The molecule has 0 unspecified atom stereocenters. The molecule has 0 fully saturated rings. The third-order valence-corrected chi connectivity index (χ3v) is 2.65. The second-order valence-corrected chi connectivity index (χ2v) is 3.92. The number of nitrogens with one attached hydrogen (secondary N) is 2. The molecule has 0 bridgehead atoms. The van der Waals surface area contributed by atoms with Crippen molar-refractivity contribution < 1.29 is 14.1 Å². The van der Waals surface area contributed by atoms with Crippen LogP contribution >= 0.6 is 0 Å². The third kappa shape index (κ3) is 2.75. The highest BCUT2D eigenvalue weighted by atomic mass is 16.6. The smallest absolute Gasteiger partial charge is 0.306 e. The highest BCUT2D eigenvalue weighted by Crippen LogP contribution is 2.27. The summed E-state index contributed by atoms with van der Waals surface area (Å²) in [5, 5.41) is 13.6. The van der Waals surface area contributed by atoms with Crippen molar-refractivity contribution in [3.8, 4) is 0 Å². The second kappa shape index (κ2) is 5.85. The lowest BCUT2D eigenvalue weighted by Gasteiger charge is -2.07. The number of carbonyl (C=O) groups is 1. The molecule has 0 atom stereocenters. The van der Waals surface area contributed by atoms with Crippen molar-refractivity contribution >= 4 is 17.3 Å². The fraction of sp³-hybridized carbons (Fsp3) is 0.0833. The Morgan fingerprint density at radius 2 is 2.20 bits per heavy atom. The van der Waals surface area contributed by atoms with Gasteiger partial charge in [-0.05, 0) is 18.2 Å². The maximum absolute atomic E-state index is 12.0. The van der Waals surface area contributed by atoms with Crippen LogP contribution in [0, 0.1) is 10.1 Å². The van der Waals surface area contributed by atoms with Crippen LogP contribution in [0.3, 0.4) is 0 Å². The van der Waals surface area contributed by atoms with Crippen LogP contribution < -0.4 is 16.6 Å². The predicted octanol–water partition coefficient (Wildman–Crippen LogP) is 1.40. The largest absolute Gasteiger partial charge is 0.472 e. The number of hydrazine groups is 1. The van der Waals surface area contributed by atoms with Gasteiger partial charge < -0.3 is 15.2 Å². The number of nitro benzene ring substituents is 1. The van der Waals surface area contributed by atoms with Gasteiger partial charge >= 0.3 is 5.69 Å². The average molecular weight is 276 g/mol. The first kappa shape index (κ1) is 13.6. The summed E-state index contributed by atoms with van der Waals surface area (Å²) in [5.74, 6) is 4.65. The number of para-hydroxylation sites is 1. The van der Waals surface area contributed by atoms with E-state index < -0.39 is 10.8 Å². The van der Waals surface area contributed by atoms with Crippen LogP contribution in [-0.4, -0.2) is 10.8 Å². The van der Waals surface area contributed by atoms with Crippen molar-refractivity contribution in [2.24, 2.45) is 5.84 Å². The SMILES string of the molecule is NNc1cccc(C(=O)NCc2ccoc2)c1[N+](=O)[O-]. The molecule has 0 aliphatic heterocycles. The number of nitro groups is 1. The lowest BCUT2D eigenvalue weighted by Crippen LogP contribution is -2.24. The Morgan fingerprint density at radius 3 is 2.80 bits per heavy atom. The van der Waals surface area contributed by atoms with E-state index in [0.717, 1.165) is 5.56 Å². The Hall–Kier alpha value is -2.87. The van der Waals surface area contributed by atoms with E-state index in [1.165, 1.54) is 30.7 Å². The molecule has 8 heteroatoms. The molecule has 2 rings (SSSR count). The van der Waals surface area contributed by atoms with Gasteiger partial charge in [-0.1, -0.05) is 6.07 Å². The normalized spacial score (nSPS) is 10.1. The molecule has 104 valence electrons. The zero-order valence-electron chi connectivity index (χ0n) is 10.3. The molecule has 1 aromatic heterocycles. The van der Waals surface area contributed by atoms with Crippen LogP contribution in [0.5, 0.6) is 0 Å². The summed E-state index contributed by atoms with van der Waals surface area (Å²) >= 11 is 0. The molecule has 4 N–H and O–H groups in total. The fourth-order valence-corrected chi connectivity index (χ4v) is 1.71.